The summed E-state index contributed by atoms with van der Waals surface area (Å²) >= 11 is 7.20. The van der Waals surface area contributed by atoms with Gasteiger partial charge in [-0.2, -0.15) is 0 Å². The fourth-order valence-electron chi connectivity index (χ4n) is 7.54. The van der Waals surface area contributed by atoms with E-state index in [-0.39, 0.29) is 16.8 Å². The molecule has 3 unspecified atom stereocenters. The fraction of sp³-hybridized carbons (Fsp3) is 0.653. The molecule has 0 aliphatic rings. The average molecular weight is 853 g/mol. The van der Waals surface area contributed by atoms with Crippen molar-refractivity contribution in [3.63, 3.8) is 0 Å². The molecule has 5 rings (SSSR count). The molecule has 5 aromatic rings. The summed E-state index contributed by atoms with van der Waals surface area (Å²) in [5.41, 5.74) is -0.0686. The standard InChI is InChI=1S/C49H72O4S4/c1-13-19-22-31(16-4)28-51-40-34-25-37(54-43(34)41(52-29-32(17-5)23-20-14-2)35-27-39(48(7,8)9)56-44(35)40)42-36-26-38(55-45(36)46(57-42)49(10,11)12)47(50)53-30-33(18-6)24-21-15-3/h25-27,31-33H,13-24,28-30H2,1-12H3. The molecule has 0 N–H and O–H groups in total. The van der Waals surface area contributed by atoms with Gasteiger partial charge in [0.05, 0.1) is 38.8 Å². The minimum atomic E-state index is -0.193. The summed E-state index contributed by atoms with van der Waals surface area (Å²) in [5, 5.41) is 3.49. The number of benzene rings is 1. The molecule has 316 valence electrons. The summed E-state index contributed by atoms with van der Waals surface area (Å²) in [5.74, 6) is 3.27. The highest BCUT2D eigenvalue weighted by atomic mass is 32.1. The number of ether oxygens (including phenoxy) is 3. The van der Waals surface area contributed by atoms with Gasteiger partial charge in [-0.25, -0.2) is 4.79 Å². The van der Waals surface area contributed by atoms with Gasteiger partial charge in [0.2, 0.25) is 0 Å². The zero-order valence-corrected chi connectivity index (χ0v) is 40.6. The van der Waals surface area contributed by atoms with E-state index in [2.05, 4.69) is 101 Å². The van der Waals surface area contributed by atoms with Gasteiger partial charge < -0.3 is 14.2 Å². The Kier molecular flexibility index (Phi) is 16.5. The molecule has 0 radical (unpaired) electrons. The summed E-state index contributed by atoms with van der Waals surface area (Å²) < 4.78 is 23.7. The number of fused-ring (bicyclic) bond motifs is 3. The van der Waals surface area contributed by atoms with E-state index in [0.29, 0.717) is 42.5 Å². The molecule has 0 aliphatic heterocycles. The number of hydrogen-bond donors (Lipinski definition) is 0. The van der Waals surface area contributed by atoms with Crippen molar-refractivity contribution in [2.24, 2.45) is 17.8 Å². The number of carbonyl (C=O) groups is 1. The van der Waals surface area contributed by atoms with Crippen molar-refractivity contribution in [2.75, 3.05) is 19.8 Å². The van der Waals surface area contributed by atoms with Crippen molar-refractivity contribution in [2.45, 2.75) is 171 Å². The molecule has 0 fully saturated rings. The molecule has 1 aromatic carbocycles. The number of thiophene rings is 4. The third-order valence-corrected chi connectivity index (χ3v) is 17.4. The molecule has 4 nitrogen and oxygen atoms in total. The maximum atomic E-state index is 13.6. The maximum Gasteiger partial charge on any atom is 0.348 e. The second-order valence-corrected chi connectivity index (χ2v) is 22.6. The lowest BCUT2D eigenvalue weighted by molar-refractivity contribution is 0.0434. The van der Waals surface area contributed by atoms with Gasteiger partial charge in [0.25, 0.3) is 0 Å². The topological polar surface area (TPSA) is 44.8 Å². The Morgan fingerprint density at radius 2 is 1.09 bits per heavy atom. The minimum absolute atomic E-state index is 0.00761. The quantitative estimate of drug-likeness (QED) is 0.0651. The lowest BCUT2D eigenvalue weighted by Gasteiger charge is -2.19. The minimum Gasteiger partial charge on any atom is -0.491 e. The van der Waals surface area contributed by atoms with Crippen LogP contribution in [0.2, 0.25) is 0 Å². The second kappa shape index (κ2) is 20.4. The summed E-state index contributed by atoms with van der Waals surface area (Å²) in [6.45, 7) is 29.3. The first-order valence-corrected chi connectivity index (χ1v) is 25.5. The van der Waals surface area contributed by atoms with E-state index in [4.69, 9.17) is 14.2 Å². The molecular weight excluding hydrogens is 781 g/mol. The molecule has 0 spiro atoms. The zero-order chi connectivity index (χ0) is 41.5. The highest BCUT2D eigenvalue weighted by Crippen LogP contribution is 2.55. The van der Waals surface area contributed by atoms with Crippen LogP contribution in [0.25, 0.3) is 40.0 Å². The molecule has 0 saturated heterocycles. The third kappa shape index (κ3) is 11.0. The largest absolute Gasteiger partial charge is 0.491 e. The van der Waals surface area contributed by atoms with E-state index in [0.717, 1.165) is 54.4 Å². The lowest BCUT2D eigenvalue weighted by Crippen LogP contribution is -2.13. The van der Waals surface area contributed by atoms with Gasteiger partial charge in [0, 0.05) is 30.8 Å². The van der Waals surface area contributed by atoms with Crippen LogP contribution >= 0.6 is 45.3 Å². The Hall–Kier alpha value is -2.13. The van der Waals surface area contributed by atoms with Gasteiger partial charge in [-0.15, -0.1) is 45.3 Å². The van der Waals surface area contributed by atoms with Crippen LogP contribution in [0.5, 0.6) is 11.5 Å². The first kappa shape index (κ1) is 45.9. The molecule has 0 amide bonds. The van der Waals surface area contributed by atoms with E-state index in [1.165, 1.54) is 83.9 Å². The van der Waals surface area contributed by atoms with Gasteiger partial charge in [-0.1, -0.05) is 141 Å². The normalized spacial score (nSPS) is 14.2. The van der Waals surface area contributed by atoms with E-state index in [1.54, 1.807) is 11.3 Å². The molecule has 3 atom stereocenters. The molecule has 0 bridgehead atoms. The fourth-order valence-corrected chi connectivity index (χ4v) is 12.8. The van der Waals surface area contributed by atoms with Crippen LogP contribution in [0.4, 0.5) is 0 Å². The highest BCUT2D eigenvalue weighted by molar-refractivity contribution is 7.30. The van der Waals surface area contributed by atoms with Crippen LogP contribution in [-0.4, -0.2) is 25.8 Å². The SMILES string of the molecule is CCCCC(CC)COC(=O)c1cc2c(-c3cc4c(OCC(CC)CCCC)c5sc(C(C)(C)C)cc5c(OCC(CC)CCCC)c4s3)sc(C(C)(C)C)c2s1. The van der Waals surface area contributed by atoms with Crippen LogP contribution in [-0.2, 0) is 15.6 Å². The summed E-state index contributed by atoms with van der Waals surface area (Å²) in [6, 6.07) is 6.89. The number of carbonyl (C=O) groups excluding carboxylic acids is 1. The van der Waals surface area contributed by atoms with Crippen molar-refractivity contribution in [3.05, 3.63) is 32.8 Å². The first-order chi connectivity index (χ1) is 27.2. The van der Waals surface area contributed by atoms with Crippen LogP contribution < -0.4 is 9.47 Å². The predicted molar refractivity (Wildman–Crippen MR) is 254 cm³/mol. The third-order valence-electron chi connectivity index (χ3n) is 11.6. The van der Waals surface area contributed by atoms with Crippen LogP contribution in [0.1, 0.15) is 180 Å². The average Bonchev–Trinajstić information content (AvgIpc) is 3.97. The van der Waals surface area contributed by atoms with Crippen molar-refractivity contribution in [1.82, 2.24) is 0 Å². The molecule has 0 saturated carbocycles. The molecule has 8 heteroatoms. The number of esters is 1. The van der Waals surface area contributed by atoms with E-state index >= 15 is 0 Å². The first-order valence-electron chi connectivity index (χ1n) is 22.2. The van der Waals surface area contributed by atoms with Gasteiger partial charge in [0.1, 0.15) is 16.4 Å². The molecule has 0 aliphatic carbocycles. The Morgan fingerprint density at radius 3 is 1.58 bits per heavy atom. The molecule has 4 heterocycles. The van der Waals surface area contributed by atoms with E-state index < -0.39 is 0 Å². The van der Waals surface area contributed by atoms with Crippen molar-refractivity contribution < 1.29 is 19.0 Å². The Labute approximate surface area is 361 Å². The van der Waals surface area contributed by atoms with Crippen molar-refractivity contribution in [3.8, 4) is 21.3 Å². The molecule has 4 aromatic heterocycles. The highest BCUT2D eigenvalue weighted by Gasteiger charge is 2.30. The molecular formula is C49H72O4S4. The summed E-state index contributed by atoms with van der Waals surface area (Å²) in [6.07, 6.45) is 13.9. The summed E-state index contributed by atoms with van der Waals surface area (Å²) in [7, 11) is 0. The Balaban J connectivity index is 1.69. The van der Waals surface area contributed by atoms with Crippen LogP contribution in [0, 0.1) is 17.8 Å². The van der Waals surface area contributed by atoms with Gasteiger partial charge in [-0.05, 0) is 66.0 Å². The summed E-state index contributed by atoms with van der Waals surface area (Å²) in [4.78, 5) is 19.4. The monoisotopic (exact) mass is 852 g/mol. The Bertz CT molecular complexity index is 1970. The predicted octanol–water partition coefficient (Wildman–Crippen LogP) is 17.2. The zero-order valence-electron chi connectivity index (χ0n) is 37.3. The second-order valence-electron chi connectivity index (χ2n) is 18.4. The number of unbranched alkanes of at least 4 members (excludes halogenated alkanes) is 3. The van der Waals surface area contributed by atoms with Crippen LogP contribution in [0.15, 0.2) is 18.2 Å². The smallest absolute Gasteiger partial charge is 0.348 e. The lowest BCUT2D eigenvalue weighted by atomic mass is 9.94. The van der Waals surface area contributed by atoms with Gasteiger partial charge >= 0.3 is 5.97 Å². The van der Waals surface area contributed by atoms with Gasteiger partial charge in [0.15, 0.2) is 0 Å². The number of rotatable bonds is 22. The Morgan fingerprint density at radius 1 is 0.579 bits per heavy atom. The van der Waals surface area contributed by atoms with Gasteiger partial charge in [-0.3, -0.25) is 0 Å². The van der Waals surface area contributed by atoms with E-state index in [1.807, 2.05) is 34.0 Å². The number of hydrogen-bond acceptors (Lipinski definition) is 8. The molecule has 57 heavy (non-hydrogen) atoms. The van der Waals surface area contributed by atoms with Crippen LogP contribution in [0.3, 0.4) is 0 Å². The maximum absolute atomic E-state index is 13.6. The van der Waals surface area contributed by atoms with Crippen molar-refractivity contribution in [1.29, 1.82) is 0 Å². The van der Waals surface area contributed by atoms with E-state index in [9.17, 15) is 4.79 Å². The van der Waals surface area contributed by atoms with Crippen molar-refractivity contribution >= 4 is 81.6 Å².